The van der Waals surface area contributed by atoms with Crippen LogP contribution >= 0.6 is 27.3 Å². The molecule has 0 aromatic carbocycles. The Morgan fingerprint density at radius 2 is 2.22 bits per heavy atom. The number of hydrogen-bond donors (Lipinski definition) is 2. The fourth-order valence-corrected chi connectivity index (χ4v) is 2.94. The number of hydrogen-bond acceptors (Lipinski definition) is 6. The number of ether oxygens (including phenoxy) is 1. The Morgan fingerprint density at radius 3 is 2.78 bits per heavy atom. The number of nitrogen functional groups attached to an aromatic ring is 1. The monoisotopic (exact) mass is 328 g/mol. The number of nitrogens with zero attached hydrogens (tertiary/aromatic N) is 2. The van der Waals surface area contributed by atoms with Gasteiger partial charge in [-0.3, -0.25) is 0 Å². The SMILES string of the molecule is COCc1cc(NN)nc(-c2cc(Br)c(C)s2)n1. The number of nitrogens with two attached hydrogens (primary N) is 1. The molecule has 0 aliphatic rings. The lowest BCUT2D eigenvalue weighted by Gasteiger charge is -2.05. The van der Waals surface area contributed by atoms with E-state index in [9.17, 15) is 0 Å². The van der Waals surface area contributed by atoms with Gasteiger partial charge in [-0.25, -0.2) is 15.8 Å². The van der Waals surface area contributed by atoms with E-state index in [1.807, 2.05) is 13.0 Å². The van der Waals surface area contributed by atoms with E-state index in [-0.39, 0.29) is 0 Å². The van der Waals surface area contributed by atoms with Gasteiger partial charge in [0.15, 0.2) is 5.82 Å². The van der Waals surface area contributed by atoms with E-state index in [2.05, 4.69) is 31.3 Å². The number of nitrogens with one attached hydrogen (secondary N) is 1. The van der Waals surface area contributed by atoms with Crippen LogP contribution in [0.2, 0.25) is 0 Å². The molecule has 0 saturated carbocycles. The Hall–Kier alpha value is -1.02. The number of rotatable bonds is 4. The van der Waals surface area contributed by atoms with Crippen molar-refractivity contribution in [2.75, 3.05) is 12.5 Å². The zero-order valence-electron chi connectivity index (χ0n) is 10.0. The Bertz CT molecular complexity index is 538. The molecule has 2 aromatic heterocycles. The van der Waals surface area contributed by atoms with Gasteiger partial charge >= 0.3 is 0 Å². The molecular formula is C11H13BrN4OS. The molecule has 2 heterocycles. The zero-order chi connectivity index (χ0) is 13.1. The maximum atomic E-state index is 5.41. The molecule has 0 bridgehead atoms. The van der Waals surface area contributed by atoms with E-state index in [1.165, 1.54) is 4.88 Å². The molecule has 0 fully saturated rings. The molecule has 0 atom stereocenters. The first-order valence-corrected chi connectivity index (χ1v) is 6.85. The quantitative estimate of drug-likeness (QED) is 0.666. The highest BCUT2D eigenvalue weighted by molar-refractivity contribution is 9.10. The van der Waals surface area contributed by atoms with Gasteiger partial charge in [-0.2, -0.15) is 0 Å². The van der Waals surface area contributed by atoms with Crippen LogP contribution in [0.5, 0.6) is 0 Å². The summed E-state index contributed by atoms with van der Waals surface area (Å²) in [6.07, 6.45) is 0. The van der Waals surface area contributed by atoms with Crippen molar-refractivity contribution >= 4 is 33.1 Å². The van der Waals surface area contributed by atoms with E-state index in [1.54, 1.807) is 24.5 Å². The van der Waals surface area contributed by atoms with E-state index in [0.717, 1.165) is 15.0 Å². The van der Waals surface area contributed by atoms with E-state index in [4.69, 9.17) is 10.6 Å². The minimum absolute atomic E-state index is 0.426. The van der Waals surface area contributed by atoms with Crippen molar-refractivity contribution < 1.29 is 4.74 Å². The number of aryl methyl sites for hydroxylation is 1. The summed E-state index contributed by atoms with van der Waals surface area (Å²) in [4.78, 5) is 11.0. The third-order valence-corrected chi connectivity index (χ3v) is 4.43. The number of methoxy groups -OCH3 is 1. The molecule has 3 N–H and O–H groups in total. The van der Waals surface area contributed by atoms with Gasteiger partial charge < -0.3 is 10.2 Å². The molecule has 0 aliphatic carbocycles. The van der Waals surface area contributed by atoms with Crippen LogP contribution in [0.15, 0.2) is 16.6 Å². The Kier molecular flexibility index (Phi) is 4.28. The summed E-state index contributed by atoms with van der Waals surface area (Å²) in [5, 5.41) is 0. The maximum absolute atomic E-state index is 5.41. The maximum Gasteiger partial charge on any atom is 0.172 e. The highest BCUT2D eigenvalue weighted by Crippen LogP contribution is 2.32. The second-order valence-corrected chi connectivity index (χ2v) is 5.77. The number of anilines is 1. The van der Waals surface area contributed by atoms with Gasteiger partial charge in [0.2, 0.25) is 0 Å². The second-order valence-electron chi connectivity index (χ2n) is 3.66. The molecule has 0 saturated heterocycles. The van der Waals surface area contributed by atoms with Crippen molar-refractivity contribution in [3.05, 3.63) is 27.2 Å². The lowest BCUT2D eigenvalue weighted by molar-refractivity contribution is 0.181. The standard InChI is InChI=1S/C11H13BrN4OS/c1-6-8(12)4-9(18-6)11-14-7(5-17-2)3-10(15-11)16-13/h3-4H,5,13H2,1-2H3,(H,14,15,16). The topological polar surface area (TPSA) is 73.1 Å². The van der Waals surface area contributed by atoms with E-state index in [0.29, 0.717) is 18.2 Å². The number of hydrazine groups is 1. The summed E-state index contributed by atoms with van der Waals surface area (Å²) in [5.74, 6) is 6.64. The third-order valence-electron chi connectivity index (χ3n) is 2.30. The van der Waals surface area contributed by atoms with Gasteiger partial charge in [0, 0.05) is 22.5 Å². The smallest absolute Gasteiger partial charge is 0.172 e. The zero-order valence-corrected chi connectivity index (χ0v) is 12.4. The number of thiophene rings is 1. The predicted octanol–water partition coefficient (Wildman–Crippen LogP) is 2.71. The Balaban J connectivity index is 2.45. The van der Waals surface area contributed by atoms with Crippen LogP contribution < -0.4 is 11.3 Å². The lowest BCUT2D eigenvalue weighted by atomic mass is 10.3. The average Bonchev–Trinajstić information content (AvgIpc) is 2.70. The molecule has 2 aromatic rings. The highest BCUT2D eigenvalue weighted by Gasteiger charge is 2.10. The molecule has 96 valence electrons. The summed E-state index contributed by atoms with van der Waals surface area (Å²) in [5.41, 5.74) is 3.33. The normalized spacial score (nSPS) is 10.7. The van der Waals surface area contributed by atoms with Crippen molar-refractivity contribution in [1.82, 2.24) is 9.97 Å². The summed E-state index contributed by atoms with van der Waals surface area (Å²) in [6.45, 7) is 2.47. The van der Waals surface area contributed by atoms with Crippen molar-refractivity contribution in [2.45, 2.75) is 13.5 Å². The van der Waals surface area contributed by atoms with Crippen molar-refractivity contribution in [2.24, 2.45) is 5.84 Å². The van der Waals surface area contributed by atoms with Crippen LogP contribution in [-0.2, 0) is 11.3 Å². The first-order chi connectivity index (χ1) is 8.63. The van der Waals surface area contributed by atoms with Crippen LogP contribution in [0.1, 0.15) is 10.6 Å². The third kappa shape index (κ3) is 2.86. The van der Waals surface area contributed by atoms with Gasteiger partial charge in [-0.1, -0.05) is 0 Å². The summed E-state index contributed by atoms with van der Waals surface area (Å²) in [6, 6.07) is 3.77. The Labute approximate surface area is 118 Å². The number of aromatic nitrogens is 2. The minimum atomic E-state index is 0.426. The fraction of sp³-hybridized carbons (Fsp3) is 0.273. The van der Waals surface area contributed by atoms with E-state index >= 15 is 0 Å². The first-order valence-electron chi connectivity index (χ1n) is 5.24. The first kappa shape index (κ1) is 13.4. The molecule has 0 radical (unpaired) electrons. The van der Waals surface area contributed by atoms with E-state index < -0.39 is 0 Å². The molecule has 5 nitrogen and oxygen atoms in total. The van der Waals surface area contributed by atoms with Gasteiger partial charge in [0.05, 0.1) is 17.2 Å². The molecule has 0 aliphatic heterocycles. The average molecular weight is 329 g/mol. The van der Waals surface area contributed by atoms with Crippen LogP contribution in [0.3, 0.4) is 0 Å². The van der Waals surface area contributed by atoms with Gasteiger partial charge in [0.1, 0.15) is 5.82 Å². The molecule has 0 spiro atoms. The summed E-state index contributed by atoms with van der Waals surface area (Å²) >= 11 is 5.12. The lowest BCUT2D eigenvalue weighted by Crippen LogP contribution is -2.10. The number of halogens is 1. The van der Waals surface area contributed by atoms with Crippen molar-refractivity contribution in [1.29, 1.82) is 0 Å². The van der Waals surface area contributed by atoms with Crippen LogP contribution in [0, 0.1) is 6.92 Å². The largest absolute Gasteiger partial charge is 0.378 e. The van der Waals surface area contributed by atoms with Crippen LogP contribution in [-0.4, -0.2) is 17.1 Å². The minimum Gasteiger partial charge on any atom is -0.378 e. The molecule has 18 heavy (non-hydrogen) atoms. The van der Waals surface area contributed by atoms with Gasteiger partial charge in [-0.15, -0.1) is 11.3 Å². The summed E-state index contributed by atoms with van der Waals surface area (Å²) in [7, 11) is 1.63. The van der Waals surface area contributed by atoms with Gasteiger partial charge in [0.25, 0.3) is 0 Å². The van der Waals surface area contributed by atoms with Crippen molar-refractivity contribution in [3.8, 4) is 10.7 Å². The second kappa shape index (κ2) is 5.75. The van der Waals surface area contributed by atoms with Crippen molar-refractivity contribution in [3.63, 3.8) is 0 Å². The highest BCUT2D eigenvalue weighted by atomic mass is 79.9. The van der Waals surface area contributed by atoms with Gasteiger partial charge in [-0.05, 0) is 28.9 Å². The molecule has 0 amide bonds. The van der Waals surface area contributed by atoms with Crippen LogP contribution in [0.25, 0.3) is 10.7 Å². The molecule has 0 unspecified atom stereocenters. The van der Waals surface area contributed by atoms with Crippen LogP contribution in [0.4, 0.5) is 5.82 Å². The molecule has 7 heteroatoms. The Morgan fingerprint density at radius 1 is 1.44 bits per heavy atom. The fourth-order valence-electron chi connectivity index (χ4n) is 1.47. The summed E-state index contributed by atoms with van der Waals surface area (Å²) < 4.78 is 6.14. The molecular weight excluding hydrogens is 316 g/mol. The predicted molar refractivity (Wildman–Crippen MR) is 76.3 cm³/mol. The molecule has 2 rings (SSSR count).